The van der Waals surface area contributed by atoms with E-state index in [2.05, 4.69) is 44.9 Å². The van der Waals surface area contributed by atoms with Gasteiger partial charge in [0.2, 0.25) is 0 Å². The van der Waals surface area contributed by atoms with Gasteiger partial charge in [-0.15, -0.1) is 20.5 Å². The van der Waals surface area contributed by atoms with Gasteiger partial charge in [0.1, 0.15) is 45.7 Å². The number of nitro benzene ring substituents is 2. The number of fused-ring (bicyclic) bond motifs is 2. The summed E-state index contributed by atoms with van der Waals surface area (Å²) in [6.07, 6.45) is 4.11. The summed E-state index contributed by atoms with van der Waals surface area (Å²) in [5.74, 6) is -0.831. The molecule has 6 N–H and O–H groups in total. The number of azo groups is 2. The number of unbranched alkanes of at least 4 members (excludes halogenated alkanes) is 2. The van der Waals surface area contributed by atoms with Crippen LogP contribution in [0.1, 0.15) is 39.5 Å². The minimum absolute atomic E-state index is 0. The van der Waals surface area contributed by atoms with Crippen LogP contribution in [0.3, 0.4) is 0 Å². The van der Waals surface area contributed by atoms with Gasteiger partial charge in [-0.25, -0.2) is 0 Å². The van der Waals surface area contributed by atoms with Gasteiger partial charge in [-0.05, 0) is 60.0 Å². The van der Waals surface area contributed by atoms with Gasteiger partial charge in [-0.1, -0.05) is 63.1 Å². The van der Waals surface area contributed by atoms with Crippen LogP contribution in [0.2, 0.25) is 0 Å². The van der Waals surface area contributed by atoms with Gasteiger partial charge in [0, 0.05) is 64.7 Å². The van der Waals surface area contributed by atoms with Crippen LogP contribution in [0.25, 0.3) is 21.5 Å². The topological polar surface area (TPSA) is 241 Å². The molecule has 0 heterocycles. The minimum Gasteiger partial charge on any atom is -0.506 e. The van der Waals surface area contributed by atoms with Crippen LogP contribution in [0.4, 0.5) is 45.5 Å². The summed E-state index contributed by atoms with van der Waals surface area (Å²) in [5, 5.41) is 88.3. The molecule has 0 aromatic heterocycles. The first-order valence-corrected chi connectivity index (χ1v) is 17.8. The standard InChI is InChI=1S/2C20H20N4O4.Cr/c2*1-2-3-11-21-16-6-4-5-13-7-10-17(25)20(19(13)16)23-22-15-9-8-14(24(27)28)12-18(15)26;/h2*4-10,12,21,25-26H,2-3,11H2,1H3;. The predicted octanol–water partition coefficient (Wildman–Crippen LogP) is 11.6. The first kappa shape index (κ1) is 42.9. The van der Waals surface area contributed by atoms with Crippen LogP contribution in [0, 0.1) is 20.2 Å². The Balaban J connectivity index is 0.000000248. The summed E-state index contributed by atoms with van der Waals surface area (Å²) in [6.45, 7) is 5.77. The first-order valence-electron chi connectivity index (χ1n) is 17.8. The Bertz CT molecular complexity index is 2280. The number of anilines is 2. The maximum absolute atomic E-state index is 10.8. The van der Waals surface area contributed by atoms with E-state index in [1.165, 1.54) is 36.4 Å². The van der Waals surface area contributed by atoms with E-state index in [1.807, 2.05) is 36.4 Å². The van der Waals surface area contributed by atoms with Gasteiger partial charge in [0.25, 0.3) is 11.4 Å². The molecule has 6 aromatic rings. The van der Waals surface area contributed by atoms with Crippen LogP contribution in [0.5, 0.6) is 23.0 Å². The second kappa shape index (κ2) is 20.2. The zero-order valence-electron chi connectivity index (χ0n) is 31.0. The molecule has 0 atom stereocenters. The molecule has 0 fully saturated rings. The fraction of sp³-hybridized carbons (Fsp3) is 0.200. The van der Waals surface area contributed by atoms with Crippen molar-refractivity contribution in [2.75, 3.05) is 23.7 Å². The molecule has 0 spiro atoms. The van der Waals surface area contributed by atoms with E-state index < -0.39 is 9.85 Å². The van der Waals surface area contributed by atoms with Gasteiger partial charge < -0.3 is 31.1 Å². The number of phenols is 4. The largest absolute Gasteiger partial charge is 0.506 e. The monoisotopic (exact) mass is 812 g/mol. The Labute approximate surface area is 337 Å². The summed E-state index contributed by atoms with van der Waals surface area (Å²) >= 11 is 0. The molecule has 57 heavy (non-hydrogen) atoms. The SMILES string of the molecule is CCCCNc1cccc2ccc(O)c(N=Nc3ccc([N+](=O)[O-])cc3O)c12.CCCCNc1cccc2ccc(O)c(N=Nc3ccc([N+](=O)[O-])cc3O)c12.[Cr]. The van der Waals surface area contributed by atoms with Gasteiger partial charge in [0.15, 0.2) is 0 Å². The van der Waals surface area contributed by atoms with Gasteiger partial charge in [-0.3, -0.25) is 20.2 Å². The number of phenolic OH excluding ortho intramolecular Hbond substituents is 4. The molecule has 0 saturated carbocycles. The summed E-state index contributed by atoms with van der Waals surface area (Å²) in [6, 6.07) is 25.2. The number of non-ortho nitro benzene ring substituents is 2. The molecule has 6 rings (SSSR count). The first-order chi connectivity index (χ1) is 27.0. The molecular weight excluding hydrogens is 772 g/mol. The van der Waals surface area contributed by atoms with Crippen molar-refractivity contribution in [2.24, 2.45) is 20.5 Å². The predicted molar refractivity (Wildman–Crippen MR) is 216 cm³/mol. The van der Waals surface area contributed by atoms with Crippen molar-refractivity contribution < 1.29 is 47.6 Å². The molecule has 0 bridgehead atoms. The Hall–Kier alpha value is -6.83. The van der Waals surface area contributed by atoms with E-state index in [-0.39, 0.29) is 74.5 Å². The fourth-order valence-corrected chi connectivity index (χ4v) is 5.62. The molecule has 0 aliphatic rings. The van der Waals surface area contributed by atoms with E-state index in [4.69, 9.17) is 0 Å². The van der Waals surface area contributed by atoms with E-state index in [1.54, 1.807) is 12.1 Å². The molecule has 17 heteroatoms. The number of hydrogen-bond acceptors (Lipinski definition) is 14. The van der Waals surface area contributed by atoms with Crippen LogP contribution in [-0.2, 0) is 17.4 Å². The van der Waals surface area contributed by atoms with Crippen molar-refractivity contribution in [3.8, 4) is 23.0 Å². The number of nitrogens with zero attached hydrogens (tertiary/aromatic N) is 6. The third-order valence-electron chi connectivity index (χ3n) is 8.54. The molecule has 0 saturated heterocycles. The van der Waals surface area contributed by atoms with E-state index in [0.717, 1.165) is 73.1 Å². The molecule has 16 nitrogen and oxygen atoms in total. The summed E-state index contributed by atoms with van der Waals surface area (Å²) < 4.78 is 0. The second-order valence-corrected chi connectivity index (χ2v) is 12.5. The Kier molecular flexibility index (Phi) is 15.2. The van der Waals surface area contributed by atoms with E-state index in [0.29, 0.717) is 10.8 Å². The average Bonchev–Trinajstić information content (AvgIpc) is 3.18. The summed E-state index contributed by atoms with van der Waals surface area (Å²) in [7, 11) is 0. The fourth-order valence-electron chi connectivity index (χ4n) is 5.62. The van der Waals surface area contributed by atoms with Crippen molar-refractivity contribution >= 4 is 67.0 Å². The average molecular weight is 813 g/mol. The molecule has 294 valence electrons. The molecular formula is C40H40CrN8O8. The second-order valence-electron chi connectivity index (χ2n) is 12.5. The Morgan fingerprint density at radius 2 is 0.947 bits per heavy atom. The zero-order chi connectivity index (χ0) is 40.2. The third kappa shape index (κ3) is 10.7. The third-order valence-corrected chi connectivity index (χ3v) is 8.54. The smallest absolute Gasteiger partial charge is 0.273 e. The number of nitro groups is 2. The van der Waals surface area contributed by atoms with Crippen molar-refractivity contribution in [3.05, 3.63) is 117 Å². The number of benzene rings is 6. The van der Waals surface area contributed by atoms with Gasteiger partial charge in [0.05, 0.1) is 22.0 Å². The normalized spacial score (nSPS) is 11.0. The minimum atomic E-state index is -0.606. The van der Waals surface area contributed by atoms with E-state index >= 15 is 0 Å². The molecule has 0 unspecified atom stereocenters. The molecule has 6 aromatic carbocycles. The number of rotatable bonds is 14. The molecule has 0 radical (unpaired) electrons. The number of aromatic hydroxyl groups is 4. The van der Waals surface area contributed by atoms with Crippen molar-refractivity contribution in [2.45, 2.75) is 39.5 Å². The zero-order valence-corrected chi connectivity index (χ0v) is 32.3. The quantitative estimate of drug-likeness (QED) is 0.0263. The molecule has 0 amide bonds. The van der Waals surface area contributed by atoms with Gasteiger partial charge >= 0.3 is 0 Å². The number of nitrogens with one attached hydrogen (secondary N) is 2. The Morgan fingerprint density at radius 1 is 0.544 bits per heavy atom. The maximum atomic E-state index is 10.8. The van der Waals surface area contributed by atoms with E-state index in [9.17, 15) is 40.7 Å². The summed E-state index contributed by atoms with van der Waals surface area (Å²) in [4.78, 5) is 20.4. The van der Waals surface area contributed by atoms with Crippen LogP contribution in [0.15, 0.2) is 118 Å². The van der Waals surface area contributed by atoms with Crippen LogP contribution >= 0.6 is 0 Å². The molecule has 0 aliphatic carbocycles. The Morgan fingerprint density at radius 3 is 1.30 bits per heavy atom. The maximum Gasteiger partial charge on any atom is 0.273 e. The molecule has 0 aliphatic heterocycles. The summed E-state index contributed by atoms with van der Waals surface area (Å²) in [5.41, 5.74) is 1.81. The van der Waals surface area contributed by atoms with Crippen LogP contribution in [-0.4, -0.2) is 43.4 Å². The van der Waals surface area contributed by atoms with Crippen LogP contribution < -0.4 is 10.6 Å². The van der Waals surface area contributed by atoms with Crippen molar-refractivity contribution in [3.63, 3.8) is 0 Å². The number of hydrogen-bond donors (Lipinski definition) is 6. The van der Waals surface area contributed by atoms with Crippen molar-refractivity contribution in [1.82, 2.24) is 0 Å². The van der Waals surface area contributed by atoms with Crippen molar-refractivity contribution in [1.29, 1.82) is 0 Å². The van der Waals surface area contributed by atoms with Gasteiger partial charge in [-0.2, -0.15) is 0 Å².